The lowest BCUT2D eigenvalue weighted by Crippen LogP contribution is -2.51. The molecule has 0 aromatic carbocycles. The number of anilines is 1. The van der Waals surface area contributed by atoms with Gasteiger partial charge in [0.15, 0.2) is 0 Å². The van der Waals surface area contributed by atoms with Gasteiger partial charge < -0.3 is 10.6 Å². The highest BCUT2D eigenvalue weighted by Gasteiger charge is 2.30. The van der Waals surface area contributed by atoms with Crippen molar-refractivity contribution in [3.05, 3.63) is 16.0 Å². The molecule has 7 heteroatoms. The number of nitriles is 1. The predicted molar refractivity (Wildman–Crippen MR) is 128 cm³/mol. The lowest BCUT2D eigenvalue weighted by molar-refractivity contribution is -0.127. The number of aryl methyl sites for hydroxylation is 1. The summed E-state index contributed by atoms with van der Waals surface area (Å²) in [7, 11) is 0. The van der Waals surface area contributed by atoms with Crippen molar-refractivity contribution in [3.63, 3.8) is 0 Å². The molecule has 0 bridgehead atoms. The largest absolute Gasteiger partial charge is 0.353 e. The minimum Gasteiger partial charge on any atom is -0.353 e. The number of carbonyl (C=O) groups is 2. The first-order valence-electron chi connectivity index (χ1n) is 12.5. The normalized spacial score (nSPS) is 21.8. The number of hydrogen-bond donors (Lipinski definition) is 2. The second-order valence-electron chi connectivity index (χ2n) is 9.70. The Kier molecular flexibility index (Phi) is 7.85. The number of likely N-dealkylation sites (tertiary alicyclic amines) is 1. The smallest absolute Gasteiger partial charge is 0.242 e. The van der Waals surface area contributed by atoms with Gasteiger partial charge in [0, 0.05) is 29.9 Å². The maximum Gasteiger partial charge on any atom is 0.242 e. The molecule has 1 aromatic rings. The van der Waals surface area contributed by atoms with Crippen LogP contribution in [0.15, 0.2) is 0 Å². The molecular weight excluding hydrogens is 420 g/mol. The van der Waals surface area contributed by atoms with E-state index < -0.39 is 0 Å². The molecule has 32 heavy (non-hydrogen) atoms. The highest BCUT2D eigenvalue weighted by molar-refractivity contribution is 7.16. The van der Waals surface area contributed by atoms with Gasteiger partial charge in [-0.3, -0.25) is 14.5 Å². The molecule has 1 aliphatic heterocycles. The third kappa shape index (κ3) is 5.35. The van der Waals surface area contributed by atoms with E-state index in [1.165, 1.54) is 30.6 Å². The van der Waals surface area contributed by atoms with Gasteiger partial charge in [-0.2, -0.15) is 5.26 Å². The third-order valence-electron chi connectivity index (χ3n) is 7.55. The monoisotopic (exact) mass is 456 g/mol. The van der Waals surface area contributed by atoms with Gasteiger partial charge >= 0.3 is 0 Å². The Morgan fingerprint density at radius 2 is 1.72 bits per heavy atom. The number of carbonyl (C=O) groups excluding carboxylic acids is 2. The predicted octanol–water partition coefficient (Wildman–Crippen LogP) is 4.38. The van der Waals surface area contributed by atoms with E-state index >= 15 is 0 Å². The van der Waals surface area contributed by atoms with Gasteiger partial charge in [0.2, 0.25) is 11.8 Å². The highest BCUT2D eigenvalue weighted by Crippen LogP contribution is 2.37. The second-order valence-corrected chi connectivity index (χ2v) is 10.8. The van der Waals surface area contributed by atoms with Crippen molar-refractivity contribution in [2.45, 2.75) is 96.1 Å². The van der Waals surface area contributed by atoms with Crippen LogP contribution in [0.3, 0.4) is 0 Å². The third-order valence-corrected chi connectivity index (χ3v) is 8.76. The topological polar surface area (TPSA) is 85.2 Å². The molecule has 1 atom stereocenters. The van der Waals surface area contributed by atoms with Gasteiger partial charge in [0.05, 0.1) is 11.6 Å². The van der Waals surface area contributed by atoms with Crippen molar-refractivity contribution in [1.82, 2.24) is 10.2 Å². The van der Waals surface area contributed by atoms with Crippen LogP contribution in [0.4, 0.5) is 5.00 Å². The second kappa shape index (κ2) is 10.8. The summed E-state index contributed by atoms with van der Waals surface area (Å²) < 4.78 is 0. The van der Waals surface area contributed by atoms with Gasteiger partial charge in [-0.05, 0) is 63.9 Å². The van der Waals surface area contributed by atoms with E-state index in [0.717, 1.165) is 75.0 Å². The minimum atomic E-state index is -0.251. The van der Waals surface area contributed by atoms with Crippen LogP contribution in [0.25, 0.3) is 0 Å². The number of rotatable bonds is 5. The number of amides is 2. The Balaban J connectivity index is 1.29. The van der Waals surface area contributed by atoms with E-state index in [9.17, 15) is 14.9 Å². The molecule has 4 rings (SSSR count). The zero-order valence-corrected chi connectivity index (χ0v) is 20.1. The Bertz CT molecular complexity index is 860. The summed E-state index contributed by atoms with van der Waals surface area (Å²) in [6, 6.07) is 2.31. The molecule has 1 saturated heterocycles. The first-order chi connectivity index (χ1) is 15.6. The Morgan fingerprint density at radius 3 is 2.44 bits per heavy atom. The quantitative estimate of drug-likeness (QED) is 0.644. The molecule has 1 saturated carbocycles. The van der Waals surface area contributed by atoms with E-state index in [2.05, 4.69) is 21.6 Å². The number of fused-ring (bicyclic) bond motifs is 1. The van der Waals surface area contributed by atoms with Crippen LogP contribution in [0, 0.1) is 17.2 Å². The summed E-state index contributed by atoms with van der Waals surface area (Å²) >= 11 is 1.59. The molecule has 0 radical (unpaired) electrons. The van der Waals surface area contributed by atoms with Gasteiger partial charge in [-0.25, -0.2) is 0 Å². The molecule has 0 spiro atoms. The summed E-state index contributed by atoms with van der Waals surface area (Å²) in [5, 5.41) is 16.8. The number of piperidine rings is 1. The molecule has 1 aromatic heterocycles. The first-order valence-corrected chi connectivity index (χ1v) is 13.3. The Labute approximate surface area is 195 Å². The lowest BCUT2D eigenvalue weighted by atomic mass is 9.88. The number of hydrogen-bond acceptors (Lipinski definition) is 5. The van der Waals surface area contributed by atoms with Crippen molar-refractivity contribution >= 4 is 28.2 Å². The number of nitrogens with zero attached hydrogens (tertiary/aromatic N) is 2. The van der Waals surface area contributed by atoms with Crippen molar-refractivity contribution in [3.8, 4) is 6.07 Å². The fourth-order valence-electron chi connectivity index (χ4n) is 5.45. The molecule has 2 N–H and O–H groups in total. The molecule has 2 amide bonds. The Hall–Kier alpha value is -1.91. The molecule has 1 unspecified atom stereocenters. The van der Waals surface area contributed by atoms with Crippen LogP contribution >= 0.6 is 11.3 Å². The van der Waals surface area contributed by atoms with Gasteiger partial charge in [-0.1, -0.05) is 25.7 Å². The molecular formula is C25H36N4O2S. The average Bonchev–Trinajstić information content (AvgIpc) is 2.98. The van der Waals surface area contributed by atoms with Crippen LogP contribution in [-0.4, -0.2) is 41.9 Å². The van der Waals surface area contributed by atoms with E-state index in [-0.39, 0.29) is 29.8 Å². The van der Waals surface area contributed by atoms with Crippen molar-refractivity contribution in [2.24, 2.45) is 5.92 Å². The number of thiophene rings is 1. The van der Waals surface area contributed by atoms with Crippen LogP contribution in [-0.2, 0) is 22.4 Å². The zero-order valence-electron chi connectivity index (χ0n) is 19.3. The zero-order chi connectivity index (χ0) is 22.5. The summed E-state index contributed by atoms with van der Waals surface area (Å²) in [5.74, 6) is 0.389. The average molecular weight is 457 g/mol. The van der Waals surface area contributed by atoms with E-state index in [4.69, 9.17) is 0 Å². The molecule has 2 fully saturated rings. The Morgan fingerprint density at radius 1 is 1.03 bits per heavy atom. The summed E-state index contributed by atoms with van der Waals surface area (Å²) in [6.07, 6.45) is 12.9. The summed E-state index contributed by atoms with van der Waals surface area (Å²) in [5.41, 5.74) is 1.84. The van der Waals surface area contributed by atoms with Gasteiger partial charge in [0.1, 0.15) is 11.1 Å². The maximum absolute atomic E-state index is 13.0. The molecule has 174 valence electrons. The van der Waals surface area contributed by atoms with Crippen molar-refractivity contribution in [2.75, 3.05) is 18.4 Å². The minimum absolute atomic E-state index is 0.0393. The van der Waals surface area contributed by atoms with Crippen molar-refractivity contribution < 1.29 is 9.59 Å². The molecule has 3 aliphatic rings. The number of nitrogens with one attached hydrogen (secondary N) is 2. The van der Waals surface area contributed by atoms with E-state index in [0.29, 0.717) is 5.56 Å². The van der Waals surface area contributed by atoms with Gasteiger partial charge in [-0.15, -0.1) is 11.3 Å². The van der Waals surface area contributed by atoms with E-state index in [1.54, 1.807) is 11.3 Å². The maximum atomic E-state index is 13.0. The molecule has 2 heterocycles. The van der Waals surface area contributed by atoms with Crippen LogP contribution in [0.1, 0.15) is 87.1 Å². The summed E-state index contributed by atoms with van der Waals surface area (Å²) in [4.78, 5) is 29.0. The molecule has 2 aliphatic carbocycles. The SMILES string of the molecule is CC(C(=O)Nc1sc2c(c1C#N)CCCCC2)N1CCC(NC(=O)C2CCCCC2)CC1. The lowest BCUT2D eigenvalue weighted by Gasteiger charge is -2.36. The van der Waals surface area contributed by atoms with E-state index in [1.807, 2.05) is 6.92 Å². The van der Waals surface area contributed by atoms with Crippen molar-refractivity contribution in [1.29, 1.82) is 5.26 Å². The summed E-state index contributed by atoms with van der Waals surface area (Å²) in [6.45, 7) is 3.55. The van der Waals surface area contributed by atoms with Crippen LogP contribution in [0.2, 0.25) is 0 Å². The first kappa shape index (κ1) is 23.3. The standard InChI is InChI=1S/C25H36N4O2S/c1-17(23(30)28-25-21(16-26)20-10-6-3-7-11-22(20)32-25)29-14-12-19(13-15-29)27-24(31)18-8-4-2-5-9-18/h17-19H,2-15H2,1H3,(H,27,31)(H,28,30). The van der Waals surface area contributed by atoms with Gasteiger partial charge in [0.25, 0.3) is 0 Å². The highest BCUT2D eigenvalue weighted by atomic mass is 32.1. The fraction of sp³-hybridized carbons (Fsp3) is 0.720. The van der Waals surface area contributed by atoms with Crippen LogP contribution < -0.4 is 10.6 Å². The van der Waals surface area contributed by atoms with Crippen LogP contribution in [0.5, 0.6) is 0 Å². The fourth-order valence-corrected chi connectivity index (χ4v) is 6.69. The molecule has 6 nitrogen and oxygen atoms in total.